The van der Waals surface area contributed by atoms with Gasteiger partial charge >= 0.3 is 0 Å². The Morgan fingerprint density at radius 2 is 2.14 bits per heavy atom. The van der Waals surface area contributed by atoms with E-state index in [0.29, 0.717) is 11.3 Å². The van der Waals surface area contributed by atoms with Gasteiger partial charge in [-0.2, -0.15) is 0 Å². The maximum absolute atomic E-state index is 10.7. The van der Waals surface area contributed by atoms with E-state index in [9.17, 15) is 13.6 Å². The third-order valence-electron chi connectivity index (χ3n) is 1.69. The summed E-state index contributed by atoms with van der Waals surface area (Å²) < 4.78 is 21.5. The molecule has 0 spiro atoms. The normalized spacial score (nSPS) is 12.2. The van der Waals surface area contributed by atoms with E-state index in [1.54, 1.807) is 19.1 Å². The van der Waals surface area contributed by atoms with Gasteiger partial charge in [0.15, 0.2) is 0 Å². The number of benzene rings is 1. The van der Waals surface area contributed by atoms with Crippen LogP contribution in [0.3, 0.4) is 0 Å². The van der Waals surface area contributed by atoms with Crippen LogP contribution in [0.25, 0.3) is 0 Å². The summed E-state index contributed by atoms with van der Waals surface area (Å²) in [5.41, 5.74) is 1.15. The Labute approximate surface area is 84.6 Å². The summed E-state index contributed by atoms with van der Waals surface area (Å²) in [6.45, 7) is 3.07. The van der Waals surface area contributed by atoms with Gasteiger partial charge in [0, 0.05) is 17.5 Å². The Balaban J connectivity index is 3.06. The molecule has 1 rings (SSSR count). The monoisotopic (exact) mass is 212 g/mol. The molecule has 0 radical (unpaired) electrons. The summed E-state index contributed by atoms with van der Waals surface area (Å²) in [7, 11) is 0. The van der Waals surface area contributed by atoms with Crippen molar-refractivity contribution in [3.8, 4) is 0 Å². The zero-order chi connectivity index (χ0) is 10.7. The van der Waals surface area contributed by atoms with Gasteiger partial charge in [0.05, 0.1) is 0 Å². The standard InChI is InChI=1S/C9H11NO3S/c1-6-3-4-8(10-7(2)11)5-9(6)14(12)13/h3-5H,1-2H3,(H,10,11)(H,12,13)/p-1. The lowest BCUT2D eigenvalue weighted by Gasteiger charge is -2.11. The van der Waals surface area contributed by atoms with Gasteiger partial charge < -0.3 is 9.87 Å². The first-order valence-corrected chi connectivity index (χ1v) is 5.05. The second-order valence-electron chi connectivity index (χ2n) is 2.90. The third kappa shape index (κ3) is 2.65. The summed E-state index contributed by atoms with van der Waals surface area (Å²) in [5.74, 6) is -0.225. The lowest BCUT2D eigenvalue weighted by molar-refractivity contribution is -0.114. The van der Waals surface area contributed by atoms with Gasteiger partial charge in [-0.15, -0.1) is 0 Å². The first-order valence-electron chi connectivity index (χ1n) is 3.98. The van der Waals surface area contributed by atoms with Crippen LogP contribution in [-0.4, -0.2) is 14.7 Å². The van der Waals surface area contributed by atoms with E-state index in [1.165, 1.54) is 13.0 Å². The highest BCUT2D eigenvalue weighted by atomic mass is 32.2. The van der Waals surface area contributed by atoms with Crippen LogP contribution in [-0.2, 0) is 15.9 Å². The lowest BCUT2D eigenvalue weighted by atomic mass is 10.2. The molecule has 0 aliphatic carbocycles. The van der Waals surface area contributed by atoms with Crippen LogP contribution >= 0.6 is 0 Å². The summed E-state index contributed by atoms with van der Waals surface area (Å²) >= 11 is -2.27. The molecule has 0 aromatic heterocycles. The Morgan fingerprint density at radius 3 is 2.64 bits per heavy atom. The molecule has 1 N–H and O–H groups in total. The van der Waals surface area contributed by atoms with Gasteiger partial charge in [0.2, 0.25) is 5.91 Å². The molecule has 0 aliphatic heterocycles. The molecule has 14 heavy (non-hydrogen) atoms. The number of amides is 1. The predicted octanol–water partition coefficient (Wildman–Crippen LogP) is 1.19. The topological polar surface area (TPSA) is 69.2 Å². The van der Waals surface area contributed by atoms with Gasteiger partial charge in [0.1, 0.15) is 0 Å². The second-order valence-corrected chi connectivity index (χ2v) is 3.81. The summed E-state index contributed by atoms with van der Waals surface area (Å²) in [5, 5.41) is 2.52. The number of hydrogen-bond acceptors (Lipinski definition) is 3. The maximum atomic E-state index is 10.7. The highest BCUT2D eigenvalue weighted by molar-refractivity contribution is 7.79. The van der Waals surface area contributed by atoms with E-state index in [2.05, 4.69) is 5.32 Å². The molecule has 0 heterocycles. The maximum Gasteiger partial charge on any atom is 0.221 e. The highest BCUT2D eigenvalue weighted by Crippen LogP contribution is 2.17. The van der Waals surface area contributed by atoms with E-state index in [-0.39, 0.29) is 10.8 Å². The van der Waals surface area contributed by atoms with E-state index in [1.807, 2.05) is 0 Å². The predicted molar refractivity (Wildman–Crippen MR) is 52.7 cm³/mol. The highest BCUT2D eigenvalue weighted by Gasteiger charge is 2.01. The number of anilines is 1. The third-order valence-corrected chi connectivity index (χ3v) is 2.49. The first kappa shape index (κ1) is 10.9. The minimum atomic E-state index is -2.27. The van der Waals surface area contributed by atoms with E-state index in [0.717, 1.165) is 0 Å². The summed E-state index contributed by atoms with van der Waals surface area (Å²) in [6.07, 6.45) is 0. The SMILES string of the molecule is CC(=O)Nc1ccc(C)c(S(=O)[O-])c1. The largest absolute Gasteiger partial charge is 0.768 e. The molecule has 5 heteroatoms. The number of hydrogen-bond donors (Lipinski definition) is 1. The van der Waals surface area contributed by atoms with Crippen molar-refractivity contribution in [1.82, 2.24) is 0 Å². The van der Waals surface area contributed by atoms with E-state index < -0.39 is 11.1 Å². The van der Waals surface area contributed by atoms with Crippen LogP contribution in [0.1, 0.15) is 12.5 Å². The van der Waals surface area contributed by atoms with Crippen molar-refractivity contribution in [3.05, 3.63) is 23.8 Å². The van der Waals surface area contributed by atoms with Crippen LogP contribution in [0.5, 0.6) is 0 Å². The zero-order valence-corrected chi connectivity index (χ0v) is 8.68. The van der Waals surface area contributed by atoms with Gasteiger partial charge in [-0.1, -0.05) is 6.07 Å². The average molecular weight is 212 g/mol. The minimum Gasteiger partial charge on any atom is -0.768 e. The molecule has 1 amide bonds. The molecule has 4 nitrogen and oxygen atoms in total. The quantitative estimate of drug-likeness (QED) is 0.749. The van der Waals surface area contributed by atoms with Crippen LogP contribution in [0, 0.1) is 6.92 Å². The number of carbonyl (C=O) groups excluding carboxylic acids is 1. The molecular formula is C9H10NO3S-. The van der Waals surface area contributed by atoms with Crippen LogP contribution in [0.15, 0.2) is 23.1 Å². The number of aryl methyl sites for hydroxylation is 1. The van der Waals surface area contributed by atoms with Gasteiger partial charge in [-0.05, 0) is 35.7 Å². The van der Waals surface area contributed by atoms with Crippen molar-refractivity contribution < 1.29 is 13.6 Å². The molecule has 1 unspecified atom stereocenters. The van der Waals surface area contributed by atoms with Gasteiger partial charge in [0.25, 0.3) is 0 Å². The second kappa shape index (κ2) is 4.34. The van der Waals surface area contributed by atoms with Crippen molar-refractivity contribution in [3.63, 3.8) is 0 Å². The van der Waals surface area contributed by atoms with Crippen molar-refractivity contribution >= 4 is 22.7 Å². The molecule has 0 saturated carbocycles. The molecular weight excluding hydrogens is 202 g/mol. The van der Waals surface area contributed by atoms with Crippen LogP contribution in [0.2, 0.25) is 0 Å². The van der Waals surface area contributed by atoms with Crippen molar-refractivity contribution in [2.75, 3.05) is 5.32 Å². The molecule has 1 atom stereocenters. The first-order chi connectivity index (χ1) is 6.50. The van der Waals surface area contributed by atoms with Gasteiger partial charge in [-0.25, -0.2) is 0 Å². The Morgan fingerprint density at radius 1 is 1.50 bits per heavy atom. The Hall–Kier alpha value is -1.20. The van der Waals surface area contributed by atoms with Crippen molar-refractivity contribution in [1.29, 1.82) is 0 Å². The number of nitrogens with one attached hydrogen (secondary N) is 1. The average Bonchev–Trinajstić information content (AvgIpc) is 2.07. The smallest absolute Gasteiger partial charge is 0.221 e. The molecule has 0 bridgehead atoms. The van der Waals surface area contributed by atoms with Crippen LogP contribution < -0.4 is 5.32 Å². The fourth-order valence-corrected chi connectivity index (χ4v) is 1.61. The minimum absolute atomic E-state index is 0.205. The summed E-state index contributed by atoms with van der Waals surface area (Å²) in [6, 6.07) is 4.74. The molecule has 1 aromatic rings. The molecule has 0 aliphatic rings. The van der Waals surface area contributed by atoms with E-state index >= 15 is 0 Å². The molecule has 0 fully saturated rings. The lowest BCUT2D eigenvalue weighted by Crippen LogP contribution is -2.06. The van der Waals surface area contributed by atoms with Crippen LogP contribution in [0.4, 0.5) is 5.69 Å². The number of carbonyl (C=O) groups is 1. The van der Waals surface area contributed by atoms with Gasteiger partial charge in [-0.3, -0.25) is 9.00 Å². The Kier molecular flexibility index (Phi) is 3.38. The fraction of sp³-hybridized carbons (Fsp3) is 0.222. The molecule has 0 saturated heterocycles. The van der Waals surface area contributed by atoms with Crippen molar-refractivity contribution in [2.45, 2.75) is 18.7 Å². The zero-order valence-electron chi connectivity index (χ0n) is 7.87. The Bertz CT molecular complexity index is 390. The fourth-order valence-electron chi connectivity index (χ4n) is 1.06. The summed E-state index contributed by atoms with van der Waals surface area (Å²) in [4.78, 5) is 10.9. The van der Waals surface area contributed by atoms with E-state index in [4.69, 9.17) is 0 Å². The number of rotatable bonds is 2. The van der Waals surface area contributed by atoms with Crippen molar-refractivity contribution in [2.24, 2.45) is 0 Å². The molecule has 1 aromatic carbocycles. The molecule has 76 valence electrons.